The molecule has 8 heteroatoms. The molecule has 0 aliphatic carbocycles. The maximum Gasteiger partial charge on any atom is 0.273 e. The van der Waals surface area contributed by atoms with E-state index in [0.29, 0.717) is 11.3 Å². The van der Waals surface area contributed by atoms with Gasteiger partial charge in [0.05, 0.1) is 22.4 Å². The molecule has 0 aliphatic rings. The Kier molecular flexibility index (Phi) is 4.36. The summed E-state index contributed by atoms with van der Waals surface area (Å²) in [4.78, 5) is 18.0. The highest BCUT2D eigenvalue weighted by Crippen LogP contribution is 2.32. The van der Waals surface area contributed by atoms with Crippen molar-refractivity contribution in [1.82, 2.24) is 9.97 Å². The Balaban J connectivity index is 2.42. The minimum atomic E-state index is -0.498. The minimum absolute atomic E-state index is 0.0711. The van der Waals surface area contributed by atoms with E-state index >= 15 is 0 Å². The lowest BCUT2D eigenvalue weighted by Gasteiger charge is -2.10. The van der Waals surface area contributed by atoms with Gasteiger partial charge in [-0.25, -0.2) is 9.97 Å². The number of hydrogen-bond donors (Lipinski definition) is 0. The molecule has 1 aromatic heterocycles. The second-order valence-corrected chi connectivity index (χ2v) is 4.52. The number of rotatable bonds is 4. The maximum atomic E-state index is 10.8. The fourth-order valence-electron chi connectivity index (χ4n) is 1.49. The molecule has 0 aliphatic heterocycles. The van der Waals surface area contributed by atoms with Gasteiger partial charge in [-0.2, -0.15) is 0 Å². The number of ether oxygens (including phenoxy) is 1. The molecule has 2 rings (SSSR count). The number of nitro groups is 1. The van der Waals surface area contributed by atoms with Gasteiger partial charge in [0.2, 0.25) is 5.88 Å². The summed E-state index contributed by atoms with van der Waals surface area (Å²) in [7, 11) is 0. The number of hydrogen-bond acceptors (Lipinski definition) is 5. The molecule has 0 unspecified atom stereocenters. The largest absolute Gasteiger partial charge is 0.438 e. The average Bonchev–Trinajstić information content (AvgIpc) is 2.41. The Labute approximate surface area is 124 Å². The number of benzene rings is 1. The van der Waals surface area contributed by atoms with Crippen LogP contribution in [-0.2, 0) is 5.88 Å². The van der Waals surface area contributed by atoms with Crippen LogP contribution in [0.3, 0.4) is 0 Å². The third-order valence-electron chi connectivity index (χ3n) is 2.58. The zero-order valence-electron chi connectivity index (χ0n) is 10.3. The average molecular weight is 314 g/mol. The summed E-state index contributed by atoms with van der Waals surface area (Å²) < 4.78 is 5.58. The molecule has 104 valence electrons. The van der Waals surface area contributed by atoms with Crippen LogP contribution in [0.5, 0.6) is 11.6 Å². The van der Waals surface area contributed by atoms with Crippen LogP contribution in [0.1, 0.15) is 11.1 Å². The monoisotopic (exact) mass is 313 g/mol. The first-order valence-corrected chi connectivity index (χ1v) is 6.42. The SMILES string of the molecule is Cc1ccc([N+](=O)[O-])cc1Oc1ncnc(Cl)c1CCl. The summed E-state index contributed by atoms with van der Waals surface area (Å²) in [5, 5.41) is 11.0. The molecule has 6 nitrogen and oxygen atoms in total. The van der Waals surface area contributed by atoms with E-state index in [1.54, 1.807) is 13.0 Å². The van der Waals surface area contributed by atoms with Gasteiger partial charge in [-0.05, 0) is 18.6 Å². The summed E-state index contributed by atoms with van der Waals surface area (Å²) in [6.07, 6.45) is 1.24. The first-order chi connectivity index (χ1) is 9.52. The van der Waals surface area contributed by atoms with E-state index in [2.05, 4.69) is 9.97 Å². The topological polar surface area (TPSA) is 78.2 Å². The molecule has 0 spiro atoms. The van der Waals surface area contributed by atoms with Gasteiger partial charge in [-0.1, -0.05) is 11.6 Å². The molecule has 0 saturated carbocycles. The summed E-state index contributed by atoms with van der Waals surface area (Å²) in [6.45, 7) is 1.77. The molecule has 20 heavy (non-hydrogen) atoms. The van der Waals surface area contributed by atoms with Crippen molar-refractivity contribution >= 4 is 28.9 Å². The Morgan fingerprint density at radius 2 is 2.15 bits per heavy atom. The second kappa shape index (κ2) is 6.02. The zero-order chi connectivity index (χ0) is 14.7. The Hall–Kier alpha value is -1.92. The van der Waals surface area contributed by atoms with Gasteiger partial charge in [0, 0.05) is 6.07 Å². The number of aromatic nitrogens is 2. The van der Waals surface area contributed by atoms with Crippen LogP contribution in [0, 0.1) is 17.0 Å². The highest BCUT2D eigenvalue weighted by molar-refractivity contribution is 6.31. The lowest BCUT2D eigenvalue weighted by molar-refractivity contribution is -0.384. The molecular weight excluding hydrogens is 305 g/mol. The highest BCUT2D eigenvalue weighted by atomic mass is 35.5. The van der Waals surface area contributed by atoms with Gasteiger partial charge < -0.3 is 4.74 Å². The van der Waals surface area contributed by atoms with Crippen molar-refractivity contribution in [2.45, 2.75) is 12.8 Å². The molecule has 0 bridgehead atoms. The molecular formula is C12H9Cl2N3O3. The number of halogens is 2. The fourth-order valence-corrected chi connectivity index (χ4v) is 1.99. The fraction of sp³-hybridized carbons (Fsp3) is 0.167. The molecule has 0 fully saturated rings. The van der Waals surface area contributed by atoms with Crippen molar-refractivity contribution in [3.63, 3.8) is 0 Å². The molecule has 1 heterocycles. The van der Waals surface area contributed by atoms with E-state index in [4.69, 9.17) is 27.9 Å². The Bertz CT molecular complexity index is 664. The predicted octanol–water partition coefficient (Wildman–Crippen LogP) is 3.88. The van der Waals surface area contributed by atoms with Crippen LogP contribution < -0.4 is 4.74 Å². The van der Waals surface area contributed by atoms with Gasteiger partial charge in [0.25, 0.3) is 5.69 Å². The van der Waals surface area contributed by atoms with Crippen molar-refractivity contribution in [3.05, 3.63) is 50.9 Å². The number of nitrogens with zero attached hydrogens (tertiary/aromatic N) is 3. The number of aryl methyl sites for hydroxylation is 1. The summed E-state index contributed by atoms with van der Waals surface area (Å²) >= 11 is 11.7. The molecule has 0 radical (unpaired) electrons. The minimum Gasteiger partial charge on any atom is -0.438 e. The Morgan fingerprint density at radius 1 is 1.40 bits per heavy atom. The van der Waals surface area contributed by atoms with Gasteiger partial charge in [0.15, 0.2) is 0 Å². The molecule has 1 aromatic carbocycles. The number of non-ortho nitro benzene ring substituents is 1. The predicted molar refractivity (Wildman–Crippen MR) is 74.5 cm³/mol. The smallest absolute Gasteiger partial charge is 0.273 e. The third kappa shape index (κ3) is 2.97. The summed E-state index contributed by atoms with van der Waals surface area (Å²) in [6, 6.07) is 4.32. The van der Waals surface area contributed by atoms with Gasteiger partial charge in [0.1, 0.15) is 17.2 Å². The van der Waals surface area contributed by atoms with Crippen LogP contribution in [0.4, 0.5) is 5.69 Å². The van der Waals surface area contributed by atoms with E-state index in [1.165, 1.54) is 18.5 Å². The molecule has 0 amide bonds. The normalized spacial score (nSPS) is 10.3. The van der Waals surface area contributed by atoms with Crippen LogP contribution in [0.2, 0.25) is 5.15 Å². The summed E-state index contributed by atoms with van der Waals surface area (Å²) in [5.41, 5.74) is 1.09. The van der Waals surface area contributed by atoms with Crippen molar-refractivity contribution in [2.24, 2.45) is 0 Å². The second-order valence-electron chi connectivity index (χ2n) is 3.89. The first kappa shape index (κ1) is 14.5. The number of nitro benzene ring substituents is 1. The van der Waals surface area contributed by atoms with Crippen LogP contribution in [-0.4, -0.2) is 14.9 Å². The summed E-state index contributed by atoms with van der Waals surface area (Å²) in [5.74, 6) is 0.576. The lowest BCUT2D eigenvalue weighted by Crippen LogP contribution is -1.98. The van der Waals surface area contributed by atoms with Gasteiger partial charge in [-0.3, -0.25) is 10.1 Å². The van der Waals surface area contributed by atoms with Crippen molar-refractivity contribution in [3.8, 4) is 11.6 Å². The third-order valence-corrected chi connectivity index (χ3v) is 3.17. The van der Waals surface area contributed by atoms with Crippen molar-refractivity contribution < 1.29 is 9.66 Å². The molecule has 0 atom stereocenters. The van der Waals surface area contributed by atoms with Crippen LogP contribution in [0.25, 0.3) is 0 Å². The van der Waals surface area contributed by atoms with E-state index in [1.807, 2.05) is 0 Å². The van der Waals surface area contributed by atoms with Crippen molar-refractivity contribution in [1.29, 1.82) is 0 Å². The van der Waals surface area contributed by atoms with Gasteiger partial charge in [-0.15, -0.1) is 11.6 Å². The first-order valence-electron chi connectivity index (χ1n) is 5.51. The standard InChI is InChI=1S/C12H9Cl2N3O3/c1-7-2-3-8(17(18)19)4-10(7)20-12-9(5-13)11(14)15-6-16-12/h2-4,6H,5H2,1H3. The quantitative estimate of drug-likeness (QED) is 0.370. The molecule has 0 saturated heterocycles. The van der Waals surface area contributed by atoms with Crippen molar-refractivity contribution in [2.75, 3.05) is 0 Å². The van der Waals surface area contributed by atoms with E-state index in [0.717, 1.165) is 5.56 Å². The van der Waals surface area contributed by atoms with E-state index < -0.39 is 4.92 Å². The van der Waals surface area contributed by atoms with Gasteiger partial charge >= 0.3 is 0 Å². The Morgan fingerprint density at radius 3 is 2.80 bits per heavy atom. The van der Waals surface area contributed by atoms with E-state index in [-0.39, 0.29) is 22.6 Å². The highest BCUT2D eigenvalue weighted by Gasteiger charge is 2.15. The maximum absolute atomic E-state index is 10.8. The molecule has 0 N–H and O–H groups in total. The van der Waals surface area contributed by atoms with Crippen LogP contribution >= 0.6 is 23.2 Å². The van der Waals surface area contributed by atoms with E-state index in [9.17, 15) is 10.1 Å². The molecule has 2 aromatic rings. The zero-order valence-corrected chi connectivity index (χ0v) is 11.9. The lowest BCUT2D eigenvalue weighted by atomic mass is 10.2. The number of alkyl halides is 1. The van der Waals surface area contributed by atoms with Crippen LogP contribution in [0.15, 0.2) is 24.5 Å².